The van der Waals surface area contributed by atoms with Crippen LogP contribution in [0.3, 0.4) is 0 Å². The third kappa shape index (κ3) is 9.01. The molecule has 43 heavy (non-hydrogen) atoms. The number of alkyl carbamates (subject to hydrolysis) is 1. The number of rotatable bonds is 10. The highest BCUT2D eigenvalue weighted by atomic mass is 19.1. The number of aromatic nitrogens is 2. The number of hydrogen-bond donors (Lipinski definition) is 3. The first-order chi connectivity index (χ1) is 20.2. The second-order valence-electron chi connectivity index (χ2n) is 12.2. The molecular weight excluding hydrogens is 557 g/mol. The van der Waals surface area contributed by atoms with Gasteiger partial charge in [-0.15, -0.1) is 0 Å². The molecule has 1 aliphatic rings. The number of carbonyl (C=O) groups excluding carboxylic acids is 4. The van der Waals surface area contributed by atoms with E-state index in [1.165, 1.54) is 25.4 Å². The second kappa shape index (κ2) is 14.5. The van der Waals surface area contributed by atoms with Crippen LogP contribution in [0.2, 0.25) is 0 Å². The Labute approximate surface area is 252 Å². The number of nitrogens with zero attached hydrogens (tertiary/aromatic N) is 2. The van der Waals surface area contributed by atoms with Crippen LogP contribution >= 0.6 is 0 Å². The van der Waals surface area contributed by atoms with E-state index in [0.717, 1.165) is 25.7 Å². The van der Waals surface area contributed by atoms with Crippen molar-refractivity contribution in [3.8, 4) is 0 Å². The van der Waals surface area contributed by atoms with Gasteiger partial charge in [-0.05, 0) is 76.1 Å². The van der Waals surface area contributed by atoms with E-state index in [9.17, 15) is 19.2 Å². The van der Waals surface area contributed by atoms with Crippen molar-refractivity contribution in [1.29, 1.82) is 0 Å². The summed E-state index contributed by atoms with van der Waals surface area (Å²) in [4.78, 5) is 51.6. The van der Waals surface area contributed by atoms with Crippen LogP contribution in [-0.4, -0.2) is 58.5 Å². The Balaban J connectivity index is 1.79. The smallest absolute Gasteiger partial charge is 0.408 e. The molecule has 0 spiro atoms. The number of anilines is 1. The summed E-state index contributed by atoms with van der Waals surface area (Å²) in [6, 6.07) is 3.73. The molecule has 0 aliphatic heterocycles. The molecule has 1 heterocycles. The quantitative estimate of drug-likeness (QED) is 0.333. The molecule has 12 heteroatoms. The fraction of sp³-hybridized carbons (Fsp3) is 0.581. The largest absolute Gasteiger partial charge is 0.467 e. The average molecular weight is 602 g/mol. The van der Waals surface area contributed by atoms with Crippen molar-refractivity contribution < 1.29 is 33.0 Å². The van der Waals surface area contributed by atoms with Crippen LogP contribution in [0.4, 0.5) is 14.9 Å². The van der Waals surface area contributed by atoms with Crippen LogP contribution in [-0.2, 0) is 25.6 Å². The lowest BCUT2D eigenvalue weighted by atomic mass is 9.79. The minimum absolute atomic E-state index is 0.0716. The zero-order valence-electron chi connectivity index (χ0n) is 26.0. The minimum Gasteiger partial charge on any atom is -0.467 e. The topological polar surface area (TPSA) is 141 Å². The molecule has 3 N–H and O–H groups in total. The first-order valence-electron chi connectivity index (χ1n) is 14.7. The van der Waals surface area contributed by atoms with Crippen molar-refractivity contribution in [2.24, 2.45) is 11.8 Å². The van der Waals surface area contributed by atoms with E-state index < -0.39 is 53.3 Å². The van der Waals surface area contributed by atoms with Gasteiger partial charge in [-0.2, -0.15) is 5.10 Å². The van der Waals surface area contributed by atoms with E-state index in [0.29, 0.717) is 23.7 Å². The number of amides is 3. The third-order valence-electron chi connectivity index (χ3n) is 7.75. The molecule has 11 nitrogen and oxygen atoms in total. The number of ether oxygens (including phenoxy) is 2. The summed E-state index contributed by atoms with van der Waals surface area (Å²) in [5.41, 5.74) is -0.127. The lowest BCUT2D eigenvalue weighted by Crippen LogP contribution is -2.49. The molecule has 1 aromatic heterocycles. The Kier molecular flexibility index (Phi) is 11.3. The van der Waals surface area contributed by atoms with Gasteiger partial charge >= 0.3 is 12.1 Å². The van der Waals surface area contributed by atoms with Gasteiger partial charge in [-0.1, -0.05) is 32.8 Å². The van der Waals surface area contributed by atoms with Crippen molar-refractivity contribution in [3.05, 3.63) is 47.5 Å². The van der Waals surface area contributed by atoms with Crippen molar-refractivity contribution in [1.82, 2.24) is 20.4 Å². The molecule has 3 atom stereocenters. The van der Waals surface area contributed by atoms with Crippen LogP contribution in [0.25, 0.3) is 0 Å². The standard InChI is InChI=1S/C31H44FN5O6/c1-8-37-24(15-16-33-37)27(38)35-26(20-11-9-18(2)10-12-20)28(39)34-23-14-13-21(17-22(23)32)19(3)25(29(40)42-7)36-30(41)43-31(4,5)6/h13-20,25-26H,8-12H2,1-7H3,(H,34,39)(H,35,38)(H,36,41)/t18-,19-,20-,25+,26-/m0/s1. The molecule has 3 amide bonds. The normalized spacial score (nSPS) is 19.0. The fourth-order valence-electron chi connectivity index (χ4n) is 5.28. The highest BCUT2D eigenvalue weighted by molar-refractivity contribution is 6.00. The third-order valence-corrected chi connectivity index (χ3v) is 7.75. The Morgan fingerprint density at radius 1 is 1.09 bits per heavy atom. The van der Waals surface area contributed by atoms with Crippen LogP contribution < -0.4 is 16.0 Å². The molecule has 0 unspecified atom stereocenters. The van der Waals surface area contributed by atoms with E-state index in [4.69, 9.17) is 9.47 Å². The zero-order valence-corrected chi connectivity index (χ0v) is 26.0. The summed E-state index contributed by atoms with van der Waals surface area (Å²) in [6.45, 7) is 11.2. The number of aryl methyl sites for hydroxylation is 1. The summed E-state index contributed by atoms with van der Waals surface area (Å²) in [6.07, 6.45) is 4.08. The maximum atomic E-state index is 15.4. The van der Waals surface area contributed by atoms with Gasteiger partial charge in [0, 0.05) is 18.7 Å². The second-order valence-corrected chi connectivity index (χ2v) is 12.2. The molecule has 236 valence electrons. The maximum Gasteiger partial charge on any atom is 0.408 e. The van der Waals surface area contributed by atoms with Crippen molar-refractivity contribution in [2.75, 3.05) is 12.4 Å². The number of carbonyl (C=O) groups is 4. The van der Waals surface area contributed by atoms with Gasteiger partial charge in [0.2, 0.25) is 5.91 Å². The van der Waals surface area contributed by atoms with Crippen molar-refractivity contribution in [2.45, 2.75) is 97.4 Å². The summed E-state index contributed by atoms with van der Waals surface area (Å²) < 4.78 is 27.1. The molecule has 1 aromatic carbocycles. The summed E-state index contributed by atoms with van der Waals surface area (Å²) in [5, 5.41) is 12.2. The van der Waals surface area contributed by atoms with E-state index in [1.807, 2.05) is 6.92 Å². The van der Waals surface area contributed by atoms with E-state index in [-0.39, 0.29) is 11.6 Å². The highest BCUT2D eigenvalue weighted by Gasteiger charge is 2.34. The van der Waals surface area contributed by atoms with Crippen LogP contribution in [0.5, 0.6) is 0 Å². The molecule has 1 saturated carbocycles. The summed E-state index contributed by atoms with van der Waals surface area (Å²) in [7, 11) is 1.19. The van der Waals surface area contributed by atoms with Gasteiger partial charge in [0.05, 0.1) is 12.8 Å². The highest BCUT2D eigenvalue weighted by Crippen LogP contribution is 2.32. The number of hydrogen-bond acceptors (Lipinski definition) is 7. The van der Waals surface area contributed by atoms with E-state index in [2.05, 4.69) is 28.0 Å². The average Bonchev–Trinajstić information content (AvgIpc) is 3.43. The lowest BCUT2D eigenvalue weighted by Gasteiger charge is -2.32. The van der Waals surface area contributed by atoms with E-state index in [1.54, 1.807) is 44.5 Å². The number of methoxy groups -OCH3 is 1. The maximum absolute atomic E-state index is 15.4. The zero-order chi connectivity index (χ0) is 31.9. The number of esters is 1. The molecule has 0 radical (unpaired) electrons. The van der Waals surface area contributed by atoms with Crippen LogP contribution in [0.15, 0.2) is 30.5 Å². The Morgan fingerprint density at radius 3 is 2.35 bits per heavy atom. The lowest BCUT2D eigenvalue weighted by molar-refractivity contribution is -0.143. The predicted octanol–water partition coefficient (Wildman–Crippen LogP) is 4.78. The van der Waals surface area contributed by atoms with E-state index >= 15 is 4.39 Å². The van der Waals surface area contributed by atoms with Crippen molar-refractivity contribution >= 4 is 29.6 Å². The number of benzene rings is 1. The first kappa shape index (κ1) is 33.5. The summed E-state index contributed by atoms with van der Waals surface area (Å²) in [5.74, 6) is -2.67. The molecule has 3 rings (SSSR count). The SMILES string of the molecule is CCn1nccc1C(=O)N[C@H](C(=O)Nc1ccc([C@H](C)[C@@H](NC(=O)OC(C)(C)C)C(=O)OC)cc1F)[C@H]1CC[C@H](C)CC1. The van der Waals surface area contributed by atoms with Crippen LogP contribution in [0, 0.1) is 17.7 Å². The molecule has 0 bridgehead atoms. The van der Waals surface area contributed by atoms with Gasteiger partial charge in [-0.3, -0.25) is 14.3 Å². The van der Waals surface area contributed by atoms with Gasteiger partial charge in [0.25, 0.3) is 5.91 Å². The number of nitrogens with one attached hydrogen (secondary N) is 3. The minimum atomic E-state index is -1.15. The van der Waals surface area contributed by atoms with Crippen molar-refractivity contribution in [3.63, 3.8) is 0 Å². The molecule has 1 aliphatic carbocycles. The molecular formula is C31H44FN5O6. The Morgan fingerprint density at radius 2 is 1.77 bits per heavy atom. The monoisotopic (exact) mass is 601 g/mol. The first-order valence-corrected chi connectivity index (χ1v) is 14.7. The molecule has 1 fully saturated rings. The Bertz CT molecular complexity index is 1300. The number of halogens is 1. The van der Waals surface area contributed by atoms with Crippen LogP contribution in [0.1, 0.15) is 89.2 Å². The molecule has 0 saturated heterocycles. The Hall–Kier alpha value is -3.96. The van der Waals surface area contributed by atoms with Gasteiger partial charge in [0.15, 0.2) is 0 Å². The van der Waals surface area contributed by atoms with Gasteiger partial charge in [0.1, 0.15) is 29.2 Å². The fourth-order valence-corrected chi connectivity index (χ4v) is 5.28. The van der Waals surface area contributed by atoms with Gasteiger partial charge < -0.3 is 25.4 Å². The predicted molar refractivity (Wildman–Crippen MR) is 159 cm³/mol. The van der Waals surface area contributed by atoms with Gasteiger partial charge in [-0.25, -0.2) is 14.0 Å². The summed E-state index contributed by atoms with van der Waals surface area (Å²) >= 11 is 0. The molecule has 2 aromatic rings.